The summed E-state index contributed by atoms with van der Waals surface area (Å²) in [6, 6.07) is 31.4. The molecule has 2 fully saturated rings. The van der Waals surface area contributed by atoms with Crippen LogP contribution in [-0.2, 0) is 6.54 Å². The highest BCUT2D eigenvalue weighted by atomic mass is 16.5. The lowest BCUT2D eigenvalue weighted by molar-refractivity contribution is 0.0472. The highest BCUT2D eigenvalue weighted by Crippen LogP contribution is 2.45. The molecule has 2 aliphatic rings. The topological polar surface area (TPSA) is 33.3 Å². The molecule has 35 heavy (non-hydrogen) atoms. The molecule has 4 unspecified atom stereocenters. The summed E-state index contributed by atoms with van der Waals surface area (Å²) < 4.78 is 5.69. The Balaban J connectivity index is 1.53. The minimum absolute atomic E-state index is 0.299. The molecule has 5 rings (SSSR count). The molecule has 3 heteroatoms. The minimum Gasteiger partial charge on any atom is -0.496 e. The summed E-state index contributed by atoms with van der Waals surface area (Å²) >= 11 is 0. The van der Waals surface area contributed by atoms with Crippen LogP contribution in [0.15, 0.2) is 84.9 Å². The molecule has 5 atom stereocenters. The van der Waals surface area contributed by atoms with E-state index in [-0.39, 0.29) is 0 Å². The lowest BCUT2D eigenvalue weighted by Gasteiger charge is -2.52. The Morgan fingerprint density at radius 1 is 0.886 bits per heavy atom. The van der Waals surface area contributed by atoms with Crippen LogP contribution >= 0.6 is 0 Å². The minimum atomic E-state index is 0.299. The molecule has 2 N–H and O–H groups in total. The van der Waals surface area contributed by atoms with E-state index in [0.29, 0.717) is 23.9 Å². The van der Waals surface area contributed by atoms with E-state index in [2.05, 4.69) is 102 Å². The summed E-state index contributed by atoms with van der Waals surface area (Å²) in [7, 11) is 1.77. The summed E-state index contributed by atoms with van der Waals surface area (Å²) in [5.74, 6) is 3.47. The Bertz CT molecular complexity index is 1010. The van der Waals surface area contributed by atoms with Crippen LogP contribution in [0.5, 0.6) is 5.75 Å². The fourth-order valence-corrected chi connectivity index (χ4v) is 6.96. The maximum Gasteiger partial charge on any atom is 0.123 e. The van der Waals surface area contributed by atoms with Crippen LogP contribution in [0, 0.1) is 17.8 Å². The van der Waals surface area contributed by atoms with Crippen molar-refractivity contribution in [3.05, 3.63) is 102 Å². The average molecular weight is 469 g/mol. The van der Waals surface area contributed by atoms with Crippen molar-refractivity contribution in [1.29, 1.82) is 0 Å². The number of piperidine rings is 1. The second-order valence-corrected chi connectivity index (χ2v) is 10.4. The van der Waals surface area contributed by atoms with Gasteiger partial charge in [-0.1, -0.05) is 105 Å². The fourth-order valence-electron chi connectivity index (χ4n) is 6.96. The molecular formula is C32H40N2O. The zero-order chi connectivity index (χ0) is 24.0. The van der Waals surface area contributed by atoms with Gasteiger partial charge in [0.2, 0.25) is 0 Å². The van der Waals surface area contributed by atoms with Gasteiger partial charge in [-0.25, -0.2) is 0 Å². The van der Waals surface area contributed by atoms with Gasteiger partial charge in [0, 0.05) is 30.1 Å². The Morgan fingerprint density at radius 2 is 1.54 bits per heavy atom. The van der Waals surface area contributed by atoms with Gasteiger partial charge in [0.15, 0.2) is 0 Å². The van der Waals surface area contributed by atoms with E-state index in [1.807, 2.05) is 0 Å². The third-order valence-electron chi connectivity index (χ3n) is 8.58. The van der Waals surface area contributed by atoms with Crippen LogP contribution < -0.4 is 15.4 Å². The van der Waals surface area contributed by atoms with E-state index >= 15 is 0 Å². The highest BCUT2D eigenvalue weighted by Gasteiger charge is 2.46. The van der Waals surface area contributed by atoms with Gasteiger partial charge >= 0.3 is 0 Å². The Kier molecular flexibility index (Phi) is 7.85. The van der Waals surface area contributed by atoms with Crippen LogP contribution in [0.25, 0.3) is 0 Å². The van der Waals surface area contributed by atoms with Crippen LogP contribution in [0.4, 0.5) is 0 Å². The van der Waals surface area contributed by atoms with Crippen molar-refractivity contribution in [2.45, 2.75) is 57.2 Å². The lowest BCUT2D eigenvalue weighted by Crippen LogP contribution is -2.64. The molecule has 3 nitrogen and oxygen atoms in total. The first kappa shape index (κ1) is 24.1. The predicted octanol–water partition coefficient (Wildman–Crippen LogP) is 6.40. The average Bonchev–Trinajstić information content (AvgIpc) is 2.93. The number of rotatable bonds is 8. The number of ether oxygens (including phenoxy) is 1. The van der Waals surface area contributed by atoms with Gasteiger partial charge in [0.1, 0.15) is 5.75 Å². The quantitative estimate of drug-likeness (QED) is 0.401. The SMILES string of the molecule is CCC1CCCC2CN[C@H](C(c3ccccc3)c3ccccc3)C(NCc3ccccc3OC)C12. The van der Waals surface area contributed by atoms with Gasteiger partial charge in [-0.05, 0) is 47.9 Å². The number of methoxy groups -OCH3 is 1. The van der Waals surface area contributed by atoms with Gasteiger partial charge < -0.3 is 15.4 Å². The smallest absolute Gasteiger partial charge is 0.123 e. The lowest BCUT2D eigenvalue weighted by atomic mass is 9.62. The molecule has 1 heterocycles. The van der Waals surface area contributed by atoms with Crippen molar-refractivity contribution >= 4 is 0 Å². The molecular weight excluding hydrogens is 428 g/mol. The number of fused-ring (bicyclic) bond motifs is 1. The number of nitrogens with one attached hydrogen (secondary N) is 2. The molecule has 184 valence electrons. The second-order valence-electron chi connectivity index (χ2n) is 10.4. The van der Waals surface area contributed by atoms with Crippen LogP contribution in [0.2, 0.25) is 0 Å². The van der Waals surface area contributed by atoms with Crippen molar-refractivity contribution in [2.75, 3.05) is 13.7 Å². The fraction of sp³-hybridized carbons (Fsp3) is 0.438. The molecule has 0 spiro atoms. The van der Waals surface area contributed by atoms with E-state index in [1.54, 1.807) is 7.11 Å². The Labute approximate surface area is 211 Å². The van der Waals surface area contributed by atoms with Crippen molar-refractivity contribution in [1.82, 2.24) is 10.6 Å². The molecule has 0 aromatic heterocycles. The molecule has 0 amide bonds. The molecule has 3 aromatic rings. The van der Waals surface area contributed by atoms with E-state index in [9.17, 15) is 0 Å². The van der Waals surface area contributed by atoms with Gasteiger partial charge in [-0.2, -0.15) is 0 Å². The maximum atomic E-state index is 5.69. The van der Waals surface area contributed by atoms with Crippen LogP contribution in [0.3, 0.4) is 0 Å². The molecule has 3 aromatic carbocycles. The van der Waals surface area contributed by atoms with Crippen molar-refractivity contribution < 1.29 is 4.74 Å². The van der Waals surface area contributed by atoms with Crippen molar-refractivity contribution in [3.8, 4) is 5.75 Å². The summed E-state index contributed by atoms with van der Waals surface area (Å²) in [4.78, 5) is 0. The second kappa shape index (κ2) is 11.4. The third-order valence-corrected chi connectivity index (χ3v) is 8.58. The molecule has 0 radical (unpaired) electrons. The zero-order valence-electron chi connectivity index (χ0n) is 21.2. The molecule has 1 saturated carbocycles. The number of hydrogen-bond acceptors (Lipinski definition) is 3. The summed E-state index contributed by atoms with van der Waals surface area (Å²) in [6.45, 7) is 4.34. The van der Waals surface area contributed by atoms with E-state index in [0.717, 1.165) is 30.7 Å². The standard InChI is InChI=1S/C32H40N2O/c1-3-23-18-12-19-27-22-34-32(30(24-13-6-4-7-14-24)25-15-8-5-9-16-25)31(29(23)27)33-21-26-17-10-11-20-28(26)35-2/h4-11,13-17,20,23,27,29-34H,3,12,18-19,21-22H2,1-2H3/t23?,27?,29?,31?,32-/m1/s1. The number of hydrogen-bond donors (Lipinski definition) is 2. The largest absolute Gasteiger partial charge is 0.496 e. The van der Waals surface area contributed by atoms with Crippen molar-refractivity contribution in [2.24, 2.45) is 17.8 Å². The normalized spacial score (nSPS) is 26.3. The number of para-hydroxylation sites is 1. The molecule has 0 bridgehead atoms. The van der Waals surface area contributed by atoms with E-state index in [1.165, 1.54) is 42.4 Å². The Hall–Kier alpha value is -2.62. The number of benzene rings is 3. The van der Waals surface area contributed by atoms with Gasteiger partial charge in [-0.3, -0.25) is 0 Å². The first-order valence-corrected chi connectivity index (χ1v) is 13.5. The first-order valence-electron chi connectivity index (χ1n) is 13.5. The summed E-state index contributed by atoms with van der Waals surface area (Å²) in [5, 5.41) is 8.18. The van der Waals surface area contributed by atoms with E-state index < -0.39 is 0 Å². The summed E-state index contributed by atoms with van der Waals surface area (Å²) in [6.07, 6.45) is 5.34. The molecule has 1 saturated heterocycles. The monoisotopic (exact) mass is 468 g/mol. The third kappa shape index (κ3) is 5.17. The van der Waals surface area contributed by atoms with E-state index in [4.69, 9.17) is 4.74 Å². The van der Waals surface area contributed by atoms with Gasteiger partial charge in [0.05, 0.1) is 7.11 Å². The molecule has 1 aliphatic carbocycles. The maximum absolute atomic E-state index is 5.69. The first-order chi connectivity index (χ1) is 17.3. The zero-order valence-corrected chi connectivity index (χ0v) is 21.2. The Morgan fingerprint density at radius 3 is 2.20 bits per heavy atom. The van der Waals surface area contributed by atoms with Gasteiger partial charge in [-0.15, -0.1) is 0 Å². The molecule has 1 aliphatic heterocycles. The predicted molar refractivity (Wildman–Crippen MR) is 145 cm³/mol. The highest BCUT2D eigenvalue weighted by molar-refractivity contribution is 5.36. The van der Waals surface area contributed by atoms with Crippen LogP contribution in [0.1, 0.15) is 55.2 Å². The van der Waals surface area contributed by atoms with Crippen molar-refractivity contribution in [3.63, 3.8) is 0 Å². The van der Waals surface area contributed by atoms with Gasteiger partial charge in [0.25, 0.3) is 0 Å². The van der Waals surface area contributed by atoms with Crippen LogP contribution in [-0.4, -0.2) is 25.7 Å². The summed E-state index contributed by atoms with van der Waals surface area (Å²) in [5.41, 5.74) is 4.01.